The number of unbranched alkanes of at least 4 members (excludes halogenated alkanes) is 1. The van der Waals surface area contributed by atoms with Gasteiger partial charge >= 0.3 is 0 Å². The van der Waals surface area contributed by atoms with E-state index in [0.29, 0.717) is 16.7 Å². The number of aryl methyl sites for hydroxylation is 1. The van der Waals surface area contributed by atoms with Crippen LogP contribution >= 0.6 is 0 Å². The lowest BCUT2D eigenvalue weighted by Crippen LogP contribution is -2.16. The smallest absolute Gasteiger partial charge is 0.174 e. The maximum Gasteiger partial charge on any atom is 0.174 e. The van der Waals surface area contributed by atoms with E-state index in [1.165, 1.54) is 5.56 Å². The van der Waals surface area contributed by atoms with Gasteiger partial charge in [-0.2, -0.15) is 0 Å². The van der Waals surface area contributed by atoms with Gasteiger partial charge in [0.25, 0.3) is 0 Å². The van der Waals surface area contributed by atoms with Gasteiger partial charge in [0.15, 0.2) is 17.3 Å². The molecule has 2 aromatic rings. The van der Waals surface area contributed by atoms with Gasteiger partial charge in [-0.05, 0) is 24.8 Å². The summed E-state index contributed by atoms with van der Waals surface area (Å²) in [5.74, 6) is -1.02. The Hall–Kier alpha value is -2.55. The fourth-order valence-electron chi connectivity index (χ4n) is 3.33. The average molecular weight is 334 g/mol. The molecule has 0 saturated carbocycles. The van der Waals surface area contributed by atoms with E-state index >= 15 is 0 Å². The van der Waals surface area contributed by atoms with Crippen molar-refractivity contribution in [2.45, 2.75) is 39.0 Å². The minimum atomic E-state index is -0.704. The van der Waals surface area contributed by atoms with E-state index in [2.05, 4.69) is 6.92 Å². The molecule has 0 amide bonds. The Morgan fingerprint density at radius 1 is 0.920 bits per heavy atom. The molecular weight excluding hydrogens is 312 g/mol. The maximum absolute atomic E-state index is 12.4. The quantitative estimate of drug-likeness (QED) is 0.545. The van der Waals surface area contributed by atoms with Crippen LogP contribution in [0.2, 0.25) is 0 Å². The summed E-state index contributed by atoms with van der Waals surface area (Å²) >= 11 is 0. The van der Waals surface area contributed by atoms with Crippen molar-refractivity contribution in [2.24, 2.45) is 5.92 Å². The highest BCUT2D eigenvalue weighted by molar-refractivity contribution is 6.26. The van der Waals surface area contributed by atoms with Crippen molar-refractivity contribution < 1.29 is 14.4 Å². The Kier molecular flexibility index (Phi) is 5.22. The lowest BCUT2D eigenvalue weighted by atomic mass is 9.94. The number of rotatable bonds is 7. The Balaban J connectivity index is 1.61. The van der Waals surface area contributed by atoms with Crippen LogP contribution in [0.3, 0.4) is 0 Å². The highest BCUT2D eigenvalue weighted by Gasteiger charge is 2.37. The number of benzene rings is 2. The zero-order chi connectivity index (χ0) is 17.8. The van der Waals surface area contributed by atoms with Crippen LogP contribution in [0.25, 0.3) is 0 Å². The number of Topliss-reactive ketones (excluding diaryl/α,β-unsaturated/α-hetero) is 3. The Labute approximate surface area is 148 Å². The summed E-state index contributed by atoms with van der Waals surface area (Å²) in [6.45, 7) is 2.15. The van der Waals surface area contributed by atoms with Gasteiger partial charge in [-0.1, -0.05) is 61.9 Å². The second kappa shape index (κ2) is 7.56. The van der Waals surface area contributed by atoms with Crippen molar-refractivity contribution in [3.8, 4) is 0 Å². The van der Waals surface area contributed by atoms with Gasteiger partial charge < -0.3 is 0 Å². The largest absolute Gasteiger partial charge is 0.294 e. The van der Waals surface area contributed by atoms with Crippen LogP contribution in [0.5, 0.6) is 0 Å². The normalized spacial score (nSPS) is 14.0. The number of fused-ring (bicyclic) bond motifs is 1. The van der Waals surface area contributed by atoms with Gasteiger partial charge in [0.05, 0.1) is 5.92 Å². The zero-order valence-corrected chi connectivity index (χ0v) is 14.5. The summed E-state index contributed by atoms with van der Waals surface area (Å²) in [6.07, 6.45) is 3.80. The summed E-state index contributed by atoms with van der Waals surface area (Å²) in [5.41, 5.74) is 2.86. The van der Waals surface area contributed by atoms with Gasteiger partial charge in [-0.25, -0.2) is 0 Å². The van der Waals surface area contributed by atoms with Gasteiger partial charge in [-0.15, -0.1) is 0 Å². The number of carbonyl (C=O) groups is 3. The summed E-state index contributed by atoms with van der Waals surface area (Å²) in [7, 11) is 0. The van der Waals surface area contributed by atoms with E-state index in [1.807, 2.05) is 24.3 Å². The molecule has 0 spiro atoms. The first-order valence-electron chi connectivity index (χ1n) is 8.91. The molecule has 3 heteroatoms. The number of carbonyl (C=O) groups excluding carboxylic acids is 3. The Morgan fingerprint density at radius 3 is 2.08 bits per heavy atom. The summed E-state index contributed by atoms with van der Waals surface area (Å²) < 4.78 is 0. The van der Waals surface area contributed by atoms with E-state index in [-0.39, 0.29) is 30.2 Å². The molecule has 0 bridgehead atoms. The van der Waals surface area contributed by atoms with Crippen molar-refractivity contribution >= 4 is 17.3 Å². The number of hydrogen-bond donors (Lipinski definition) is 0. The van der Waals surface area contributed by atoms with Crippen LogP contribution in [0.15, 0.2) is 48.5 Å². The molecule has 0 saturated heterocycles. The fraction of sp³-hybridized carbons (Fsp3) is 0.318. The van der Waals surface area contributed by atoms with Crippen LogP contribution in [0, 0.1) is 5.92 Å². The third-order valence-corrected chi connectivity index (χ3v) is 4.85. The minimum Gasteiger partial charge on any atom is -0.294 e. The van der Waals surface area contributed by atoms with E-state index < -0.39 is 5.92 Å². The van der Waals surface area contributed by atoms with Gasteiger partial charge in [-0.3, -0.25) is 14.4 Å². The predicted molar refractivity (Wildman–Crippen MR) is 97.2 cm³/mol. The van der Waals surface area contributed by atoms with Crippen LogP contribution in [-0.2, 0) is 6.42 Å². The zero-order valence-electron chi connectivity index (χ0n) is 14.5. The van der Waals surface area contributed by atoms with E-state index in [4.69, 9.17) is 0 Å². The van der Waals surface area contributed by atoms with Gasteiger partial charge in [0, 0.05) is 23.1 Å². The number of ketones is 3. The summed E-state index contributed by atoms with van der Waals surface area (Å²) in [6, 6.07) is 14.6. The first kappa shape index (κ1) is 17.3. The average Bonchev–Trinajstić information content (AvgIpc) is 2.89. The topological polar surface area (TPSA) is 51.2 Å². The van der Waals surface area contributed by atoms with Crippen molar-refractivity contribution in [2.75, 3.05) is 0 Å². The van der Waals surface area contributed by atoms with Gasteiger partial charge in [0.1, 0.15) is 0 Å². The highest BCUT2D eigenvalue weighted by Crippen LogP contribution is 2.30. The summed E-state index contributed by atoms with van der Waals surface area (Å²) in [4.78, 5) is 37.1. The molecule has 0 aliphatic heterocycles. The lowest BCUT2D eigenvalue weighted by Gasteiger charge is -2.07. The SMILES string of the molecule is CCCCc1ccc(C(=O)CCC2C(=O)c3ccccc3C2=O)cc1. The van der Waals surface area contributed by atoms with E-state index in [1.54, 1.807) is 24.3 Å². The van der Waals surface area contributed by atoms with Crippen molar-refractivity contribution in [1.82, 2.24) is 0 Å². The molecule has 0 aromatic heterocycles. The molecule has 1 aliphatic carbocycles. The second-order valence-corrected chi connectivity index (χ2v) is 6.59. The molecule has 128 valence electrons. The third-order valence-electron chi connectivity index (χ3n) is 4.85. The molecule has 1 aliphatic rings. The second-order valence-electron chi connectivity index (χ2n) is 6.59. The Bertz CT molecular complexity index is 767. The first-order chi connectivity index (χ1) is 12.1. The van der Waals surface area contributed by atoms with Crippen LogP contribution in [-0.4, -0.2) is 17.3 Å². The van der Waals surface area contributed by atoms with Crippen LogP contribution in [0.1, 0.15) is 69.2 Å². The first-order valence-corrected chi connectivity index (χ1v) is 8.91. The van der Waals surface area contributed by atoms with Crippen molar-refractivity contribution in [3.63, 3.8) is 0 Å². The molecule has 0 heterocycles. The summed E-state index contributed by atoms with van der Waals surface area (Å²) in [5, 5.41) is 0. The van der Waals surface area contributed by atoms with E-state index in [9.17, 15) is 14.4 Å². The van der Waals surface area contributed by atoms with Crippen LogP contribution in [0.4, 0.5) is 0 Å². The molecule has 3 rings (SSSR count). The molecular formula is C22H22O3. The highest BCUT2D eigenvalue weighted by atomic mass is 16.2. The minimum absolute atomic E-state index is 0.0152. The predicted octanol–water partition coefficient (Wildman–Crippen LogP) is 4.69. The van der Waals surface area contributed by atoms with Crippen LogP contribution < -0.4 is 0 Å². The standard InChI is InChI=1S/C22H22O3/c1-2-3-6-15-9-11-16(12-10-15)20(23)14-13-19-21(24)17-7-4-5-8-18(17)22(19)25/h4-5,7-12,19H,2-3,6,13-14H2,1H3. The maximum atomic E-state index is 12.4. The van der Waals surface area contributed by atoms with E-state index in [0.717, 1.165) is 19.3 Å². The van der Waals surface area contributed by atoms with Gasteiger partial charge in [0.2, 0.25) is 0 Å². The Morgan fingerprint density at radius 2 is 1.52 bits per heavy atom. The molecule has 3 nitrogen and oxygen atoms in total. The lowest BCUT2D eigenvalue weighted by molar-refractivity contribution is 0.0823. The van der Waals surface area contributed by atoms with Crippen molar-refractivity contribution in [3.05, 3.63) is 70.8 Å². The monoisotopic (exact) mass is 334 g/mol. The third kappa shape index (κ3) is 3.60. The van der Waals surface area contributed by atoms with Crippen molar-refractivity contribution in [1.29, 1.82) is 0 Å². The molecule has 0 fully saturated rings. The number of hydrogen-bond acceptors (Lipinski definition) is 3. The molecule has 0 N–H and O–H groups in total. The fourth-order valence-corrected chi connectivity index (χ4v) is 3.33. The molecule has 0 unspecified atom stereocenters. The molecule has 0 atom stereocenters. The molecule has 2 aromatic carbocycles. The molecule has 25 heavy (non-hydrogen) atoms. The molecule has 0 radical (unpaired) electrons.